The zero-order chi connectivity index (χ0) is 11.5. The maximum atomic E-state index is 13.3. The second-order valence-electron chi connectivity index (χ2n) is 4.43. The second kappa shape index (κ2) is 5.13. The molecule has 0 aromatic heterocycles. The number of hydrogen-bond acceptors (Lipinski definition) is 2. The minimum absolute atomic E-state index is 0.0251. The van der Waals surface area contributed by atoms with Crippen LogP contribution in [0.25, 0.3) is 0 Å². The van der Waals surface area contributed by atoms with Gasteiger partial charge in [0.05, 0.1) is 5.02 Å². The van der Waals surface area contributed by atoms with Crippen molar-refractivity contribution in [1.29, 1.82) is 0 Å². The van der Waals surface area contributed by atoms with Crippen molar-refractivity contribution >= 4 is 11.6 Å². The van der Waals surface area contributed by atoms with E-state index in [1.807, 2.05) is 6.07 Å². The first-order valence-electron chi connectivity index (χ1n) is 5.62. The first-order chi connectivity index (χ1) is 7.70. The average molecular weight is 243 g/mol. The predicted octanol–water partition coefficient (Wildman–Crippen LogP) is 3.17. The molecule has 3 N–H and O–H groups in total. The van der Waals surface area contributed by atoms with Crippen LogP contribution in [0, 0.1) is 11.7 Å². The van der Waals surface area contributed by atoms with Gasteiger partial charge in [-0.3, -0.25) is 11.3 Å². The normalized spacial score (nSPS) is 18.2. The van der Waals surface area contributed by atoms with Gasteiger partial charge in [0.25, 0.3) is 0 Å². The van der Waals surface area contributed by atoms with Crippen molar-refractivity contribution in [2.75, 3.05) is 0 Å². The van der Waals surface area contributed by atoms with Crippen LogP contribution in [0.2, 0.25) is 5.02 Å². The van der Waals surface area contributed by atoms with Crippen molar-refractivity contribution in [3.63, 3.8) is 0 Å². The fourth-order valence-corrected chi connectivity index (χ4v) is 2.21. The Bertz CT molecular complexity index is 366. The monoisotopic (exact) mass is 242 g/mol. The molecule has 1 aromatic rings. The molecular weight excluding hydrogens is 227 g/mol. The van der Waals surface area contributed by atoms with Crippen molar-refractivity contribution in [2.45, 2.75) is 31.7 Å². The van der Waals surface area contributed by atoms with Crippen molar-refractivity contribution in [1.82, 2.24) is 5.43 Å². The van der Waals surface area contributed by atoms with E-state index < -0.39 is 0 Å². The van der Waals surface area contributed by atoms with Crippen molar-refractivity contribution in [3.8, 4) is 0 Å². The Morgan fingerprint density at radius 2 is 2.25 bits per heavy atom. The van der Waals surface area contributed by atoms with Crippen LogP contribution < -0.4 is 11.3 Å². The van der Waals surface area contributed by atoms with Gasteiger partial charge in [0.1, 0.15) is 5.82 Å². The molecule has 0 bridgehead atoms. The van der Waals surface area contributed by atoms with E-state index in [0.29, 0.717) is 0 Å². The summed E-state index contributed by atoms with van der Waals surface area (Å²) >= 11 is 5.65. The first-order valence-corrected chi connectivity index (χ1v) is 5.99. The Morgan fingerprint density at radius 3 is 2.75 bits per heavy atom. The lowest BCUT2D eigenvalue weighted by Gasteiger charge is -2.29. The largest absolute Gasteiger partial charge is 0.271 e. The molecular formula is C12H16ClFN2. The standard InChI is InChI=1S/C12H16ClFN2/c13-10-5-4-9(7-11(10)14)12(16-15)6-8-2-1-3-8/h4-5,7-8,12,16H,1-3,6,15H2. The minimum atomic E-state index is -0.381. The van der Waals surface area contributed by atoms with Crippen LogP contribution in [0.15, 0.2) is 18.2 Å². The van der Waals surface area contributed by atoms with E-state index in [-0.39, 0.29) is 16.9 Å². The molecule has 88 valence electrons. The van der Waals surface area contributed by atoms with E-state index in [0.717, 1.165) is 17.9 Å². The van der Waals surface area contributed by atoms with Gasteiger partial charge < -0.3 is 0 Å². The van der Waals surface area contributed by atoms with Gasteiger partial charge in [0.2, 0.25) is 0 Å². The quantitative estimate of drug-likeness (QED) is 0.629. The summed E-state index contributed by atoms with van der Waals surface area (Å²) in [7, 11) is 0. The molecule has 2 nitrogen and oxygen atoms in total. The molecule has 0 heterocycles. The summed E-state index contributed by atoms with van der Waals surface area (Å²) in [6.07, 6.45) is 4.79. The predicted molar refractivity (Wildman–Crippen MR) is 63.4 cm³/mol. The topological polar surface area (TPSA) is 38.0 Å². The fraction of sp³-hybridized carbons (Fsp3) is 0.500. The van der Waals surface area contributed by atoms with Crippen LogP contribution in [0.4, 0.5) is 4.39 Å². The van der Waals surface area contributed by atoms with E-state index in [4.69, 9.17) is 17.4 Å². The Kier molecular flexibility index (Phi) is 3.79. The molecule has 1 aliphatic carbocycles. The first kappa shape index (κ1) is 11.8. The fourth-order valence-electron chi connectivity index (χ4n) is 2.09. The van der Waals surface area contributed by atoms with E-state index >= 15 is 0 Å². The van der Waals surface area contributed by atoms with Gasteiger partial charge in [-0.1, -0.05) is 36.9 Å². The summed E-state index contributed by atoms with van der Waals surface area (Å²) in [5.41, 5.74) is 3.63. The van der Waals surface area contributed by atoms with Crippen LogP contribution in [0.5, 0.6) is 0 Å². The second-order valence-corrected chi connectivity index (χ2v) is 4.83. The number of nitrogens with one attached hydrogen (secondary N) is 1. The molecule has 0 amide bonds. The summed E-state index contributed by atoms with van der Waals surface area (Å²) < 4.78 is 13.3. The Balaban J connectivity index is 2.09. The molecule has 4 heteroatoms. The smallest absolute Gasteiger partial charge is 0.142 e. The van der Waals surface area contributed by atoms with Crippen LogP contribution in [-0.2, 0) is 0 Å². The van der Waals surface area contributed by atoms with Gasteiger partial charge in [-0.15, -0.1) is 0 Å². The number of nitrogens with two attached hydrogens (primary N) is 1. The maximum Gasteiger partial charge on any atom is 0.142 e. The summed E-state index contributed by atoms with van der Waals surface area (Å²) in [6.45, 7) is 0. The number of hydrazine groups is 1. The highest BCUT2D eigenvalue weighted by Gasteiger charge is 2.22. The highest BCUT2D eigenvalue weighted by atomic mass is 35.5. The van der Waals surface area contributed by atoms with E-state index in [1.54, 1.807) is 6.07 Å². The maximum absolute atomic E-state index is 13.3. The average Bonchev–Trinajstić information content (AvgIpc) is 2.21. The third-order valence-corrected chi connectivity index (χ3v) is 3.65. The molecule has 2 rings (SSSR count). The molecule has 1 atom stereocenters. The number of halogens is 2. The zero-order valence-corrected chi connectivity index (χ0v) is 9.80. The molecule has 16 heavy (non-hydrogen) atoms. The molecule has 0 spiro atoms. The van der Waals surface area contributed by atoms with Gasteiger partial charge in [-0.05, 0) is 30.0 Å². The van der Waals surface area contributed by atoms with Crippen molar-refractivity contribution < 1.29 is 4.39 Å². The van der Waals surface area contributed by atoms with Gasteiger partial charge in [0, 0.05) is 6.04 Å². The molecule has 1 unspecified atom stereocenters. The number of rotatable bonds is 4. The number of hydrogen-bond donors (Lipinski definition) is 2. The summed E-state index contributed by atoms with van der Waals surface area (Å²) in [6, 6.07) is 4.90. The third-order valence-electron chi connectivity index (χ3n) is 3.34. The number of benzene rings is 1. The lowest BCUT2D eigenvalue weighted by molar-refractivity contribution is 0.261. The highest BCUT2D eigenvalue weighted by Crippen LogP contribution is 2.34. The van der Waals surface area contributed by atoms with Crippen LogP contribution >= 0.6 is 11.6 Å². The van der Waals surface area contributed by atoms with Gasteiger partial charge >= 0.3 is 0 Å². The van der Waals surface area contributed by atoms with E-state index in [9.17, 15) is 4.39 Å². The van der Waals surface area contributed by atoms with Gasteiger partial charge in [-0.2, -0.15) is 0 Å². The zero-order valence-electron chi connectivity index (χ0n) is 9.05. The minimum Gasteiger partial charge on any atom is -0.271 e. The van der Waals surface area contributed by atoms with Crippen LogP contribution in [-0.4, -0.2) is 0 Å². The summed E-state index contributed by atoms with van der Waals surface area (Å²) in [4.78, 5) is 0. The van der Waals surface area contributed by atoms with E-state index in [1.165, 1.54) is 25.3 Å². The van der Waals surface area contributed by atoms with Crippen LogP contribution in [0.3, 0.4) is 0 Å². The van der Waals surface area contributed by atoms with Gasteiger partial charge in [-0.25, -0.2) is 4.39 Å². The third kappa shape index (κ3) is 2.54. The molecule has 1 fully saturated rings. The lowest BCUT2D eigenvalue weighted by Crippen LogP contribution is -2.31. The Labute approximate surface area is 99.9 Å². The highest BCUT2D eigenvalue weighted by molar-refractivity contribution is 6.30. The SMILES string of the molecule is NNC(CC1CCC1)c1ccc(Cl)c(F)c1. The van der Waals surface area contributed by atoms with Crippen LogP contribution in [0.1, 0.15) is 37.3 Å². The molecule has 1 saturated carbocycles. The van der Waals surface area contributed by atoms with Crippen molar-refractivity contribution in [2.24, 2.45) is 11.8 Å². The summed E-state index contributed by atoms with van der Waals surface area (Å²) in [5, 5.41) is 0.156. The molecule has 0 radical (unpaired) electrons. The molecule has 1 aromatic carbocycles. The molecule has 0 saturated heterocycles. The lowest BCUT2D eigenvalue weighted by atomic mass is 9.80. The van der Waals surface area contributed by atoms with Crippen molar-refractivity contribution in [3.05, 3.63) is 34.6 Å². The Hall–Kier alpha value is -0.640. The molecule has 1 aliphatic rings. The summed E-state index contributed by atoms with van der Waals surface area (Å²) in [5.74, 6) is 5.86. The Morgan fingerprint density at radius 1 is 1.50 bits per heavy atom. The molecule has 0 aliphatic heterocycles. The van der Waals surface area contributed by atoms with E-state index in [2.05, 4.69) is 5.43 Å². The van der Waals surface area contributed by atoms with Gasteiger partial charge in [0.15, 0.2) is 0 Å².